The summed E-state index contributed by atoms with van der Waals surface area (Å²) < 4.78 is 11.5. The minimum Gasteiger partial charge on any atom is -0.491 e. The fraction of sp³-hybridized carbons (Fsp3) is 0.435. The highest BCUT2D eigenvalue weighted by atomic mass is 16.5. The number of amides is 1. The van der Waals surface area contributed by atoms with E-state index in [1.54, 1.807) is 0 Å². The maximum Gasteiger partial charge on any atom is 0.258 e. The van der Waals surface area contributed by atoms with Crippen molar-refractivity contribution in [3.63, 3.8) is 0 Å². The molecule has 0 aromatic heterocycles. The zero-order valence-electron chi connectivity index (χ0n) is 16.3. The van der Waals surface area contributed by atoms with Gasteiger partial charge < -0.3 is 14.8 Å². The first-order chi connectivity index (χ1) is 13.1. The summed E-state index contributed by atoms with van der Waals surface area (Å²) in [6, 6.07) is 14.2. The van der Waals surface area contributed by atoms with Crippen LogP contribution in [0.15, 0.2) is 42.5 Å². The molecule has 0 saturated heterocycles. The Morgan fingerprint density at radius 2 is 1.81 bits per heavy atom. The first-order valence-corrected chi connectivity index (χ1v) is 9.86. The van der Waals surface area contributed by atoms with Gasteiger partial charge in [-0.2, -0.15) is 0 Å². The lowest BCUT2D eigenvalue weighted by molar-refractivity contribution is -0.123. The Labute approximate surface area is 161 Å². The molecule has 27 heavy (non-hydrogen) atoms. The predicted octanol–water partition coefficient (Wildman–Crippen LogP) is 4.26. The predicted molar refractivity (Wildman–Crippen MR) is 108 cm³/mol. The number of carbonyl (C=O) groups excluding carboxylic acids is 1. The summed E-state index contributed by atoms with van der Waals surface area (Å²) in [6.07, 6.45) is 4.75. The Morgan fingerprint density at radius 1 is 1.04 bits per heavy atom. The highest BCUT2D eigenvalue weighted by Gasteiger charge is 2.11. The lowest BCUT2D eigenvalue weighted by atomic mass is 9.92. The van der Waals surface area contributed by atoms with Crippen LogP contribution in [0.3, 0.4) is 0 Å². The Balaban J connectivity index is 1.39. The van der Waals surface area contributed by atoms with Crippen molar-refractivity contribution < 1.29 is 14.3 Å². The molecule has 2 aromatic rings. The standard InChI is InChI=1S/C23H29NO3/c1-17(2)21-9-5-6-10-22(21)26-14-13-24-23(25)16-27-20-12-11-18-7-3-4-8-19(18)15-20/h5-6,9-12,15,17H,3-4,7-8,13-14,16H2,1-2H3,(H,24,25). The van der Waals surface area contributed by atoms with Gasteiger partial charge in [-0.25, -0.2) is 0 Å². The molecule has 0 aliphatic heterocycles. The zero-order valence-corrected chi connectivity index (χ0v) is 16.3. The van der Waals surface area contributed by atoms with Crippen LogP contribution in [0.25, 0.3) is 0 Å². The van der Waals surface area contributed by atoms with E-state index >= 15 is 0 Å². The highest BCUT2D eigenvalue weighted by Crippen LogP contribution is 2.26. The molecule has 0 atom stereocenters. The number of hydrogen-bond donors (Lipinski definition) is 1. The SMILES string of the molecule is CC(C)c1ccccc1OCCNC(=O)COc1ccc2c(c1)CCCC2. The van der Waals surface area contributed by atoms with Crippen LogP contribution < -0.4 is 14.8 Å². The molecular formula is C23H29NO3. The van der Waals surface area contributed by atoms with E-state index in [0.717, 1.165) is 24.3 Å². The van der Waals surface area contributed by atoms with Crippen LogP contribution in [0, 0.1) is 0 Å². The molecule has 0 radical (unpaired) electrons. The second-order valence-electron chi connectivity index (χ2n) is 7.32. The summed E-state index contributed by atoms with van der Waals surface area (Å²) in [5.74, 6) is 1.93. The quantitative estimate of drug-likeness (QED) is 0.709. The number of aryl methyl sites for hydroxylation is 2. The fourth-order valence-corrected chi connectivity index (χ4v) is 3.44. The minimum absolute atomic E-state index is 0.0291. The molecule has 1 aliphatic carbocycles. The minimum atomic E-state index is -0.131. The third-order valence-electron chi connectivity index (χ3n) is 4.91. The van der Waals surface area contributed by atoms with Crippen molar-refractivity contribution in [1.29, 1.82) is 0 Å². The number of rotatable bonds is 8. The first-order valence-electron chi connectivity index (χ1n) is 9.86. The highest BCUT2D eigenvalue weighted by molar-refractivity contribution is 5.77. The van der Waals surface area contributed by atoms with Crippen molar-refractivity contribution in [3.8, 4) is 11.5 Å². The monoisotopic (exact) mass is 367 g/mol. The molecule has 4 nitrogen and oxygen atoms in total. The van der Waals surface area contributed by atoms with E-state index in [1.165, 1.54) is 29.5 Å². The van der Waals surface area contributed by atoms with Gasteiger partial charge in [-0.1, -0.05) is 38.1 Å². The van der Waals surface area contributed by atoms with Crippen molar-refractivity contribution in [1.82, 2.24) is 5.32 Å². The number of carbonyl (C=O) groups is 1. The Hall–Kier alpha value is -2.49. The van der Waals surface area contributed by atoms with Gasteiger partial charge in [-0.05, 0) is 66.5 Å². The van der Waals surface area contributed by atoms with E-state index in [9.17, 15) is 4.79 Å². The molecule has 1 aliphatic rings. The molecule has 4 heteroatoms. The summed E-state index contributed by atoms with van der Waals surface area (Å²) in [4.78, 5) is 12.0. The molecule has 0 spiro atoms. The normalized spacial score (nSPS) is 13.1. The summed E-state index contributed by atoms with van der Waals surface area (Å²) in [6.45, 7) is 5.21. The molecule has 0 saturated carbocycles. The molecule has 0 bridgehead atoms. The topological polar surface area (TPSA) is 47.6 Å². The zero-order chi connectivity index (χ0) is 19.1. The number of para-hydroxylation sites is 1. The van der Waals surface area contributed by atoms with Crippen LogP contribution in [0.1, 0.15) is 49.3 Å². The average molecular weight is 367 g/mol. The molecule has 1 amide bonds. The van der Waals surface area contributed by atoms with Crippen molar-refractivity contribution in [2.24, 2.45) is 0 Å². The van der Waals surface area contributed by atoms with Gasteiger partial charge >= 0.3 is 0 Å². The molecule has 0 heterocycles. The van der Waals surface area contributed by atoms with Gasteiger partial charge in [-0.3, -0.25) is 4.79 Å². The van der Waals surface area contributed by atoms with Gasteiger partial charge in [0.25, 0.3) is 5.91 Å². The van der Waals surface area contributed by atoms with Gasteiger partial charge in [0, 0.05) is 0 Å². The molecule has 0 unspecified atom stereocenters. The van der Waals surface area contributed by atoms with Crippen molar-refractivity contribution in [2.75, 3.05) is 19.8 Å². The largest absolute Gasteiger partial charge is 0.491 e. The van der Waals surface area contributed by atoms with Gasteiger partial charge in [0.15, 0.2) is 6.61 Å². The molecule has 1 N–H and O–H groups in total. The van der Waals surface area contributed by atoms with E-state index < -0.39 is 0 Å². The Kier molecular flexibility index (Phi) is 6.74. The second-order valence-corrected chi connectivity index (χ2v) is 7.32. The maximum atomic E-state index is 12.0. The number of nitrogens with one attached hydrogen (secondary N) is 1. The van der Waals surface area contributed by atoms with E-state index in [1.807, 2.05) is 24.3 Å². The molecule has 2 aromatic carbocycles. The van der Waals surface area contributed by atoms with Crippen LogP contribution in [0.2, 0.25) is 0 Å². The van der Waals surface area contributed by atoms with Crippen LogP contribution in [-0.2, 0) is 17.6 Å². The average Bonchev–Trinajstić information content (AvgIpc) is 2.69. The molecule has 3 rings (SSSR count). The van der Waals surface area contributed by atoms with Crippen molar-refractivity contribution in [3.05, 3.63) is 59.2 Å². The third-order valence-corrected chi connectivity index (χ3v) is 4.91. The first kappa shape index (κ1) is 19.3. The molecule has 0 fully saturated rings. The second kappa shape index (κ2) is 9.45. The number of ether oxygens (including phenoxy) is 2. The van der Waals surface area contributed by atoms with Crippen molar-refractivity contribution >= 4 is 5.91 Å². The number of fused-ring (bicyclic) bond motifs is 1. The molecule has 144 valence electrons. The Bertz CT molecular complexity index is 770. The van der Waals surface area contributed by atoms with Crippen LogP contribution >= 0.6 is 0 Å². The number of hydrogen-bond acceptors (Lipinski definition) is 3. The summed E-state index contributed by atoms with van der Waals surface area (Å²) >= 11 is 0. The molecular weight excluding hydrogens is 338 g/mol. The summed E-state index contributed by atoms with van der Waals surface area (Å²) in [5.41, 5.74) is 3.95. The lowest BCUT2D eigenvalue weighted by Gasteiger charge is -2.17. The van der Waals surface area contributed by atoms with Crippen LogP contribution in [0.4, 0.5) is 0 Å². The smallest absolute Gasteiger partial charge is 0.258 e. The van der Waals surface area contributed by atoms with Crippen molar-refractivity contribution in [2.45, 2.75) is 45.4 Å². The lowest BCUT2D eigenvalue weighted by Crippen LogP contribution is -2.32. The van der Waals surface area contributed by atoms with Gasteiger partial charge in [0.2, 0.25) is 0 Å². The summed E-state index contributed by atoms with van der Waals surface area (Å²) in [7, 11) is 0. The van der Waals surface area contributed by atoms with E-state index in [0.29, 0.717) is 19.1 Å². The summed E-state index contributed by atoms with van der Waals surface area (Å²) in [5, 5.41) is 2.85. The third kappa shape index (κ3) is 5.49. The van der Waals surface area contributed by atoms with Crippen LogP contribution in [0.5, 0.6) is 11.5 Å². The van der Waals surface area contributed by atoms with E-state index in [-0.39, 0.29) is 12.5 Å². The fourth-order valence-electron chi connectivity index (χ4n) is 3.44. The maximum absolute atomic E-state index is 12.0. The number of benzene rings is 2. The van der Waals surface area contributed by atoms with Gasteiger partial charge in [0.1, 0.15) is 18.1 Å². The van der Waals surface area contributed by atoms with Gasteiger partial charge in [0.05, 0.1) is 6.54 Å². The van der Waals surface area contributed by atoms with Gasteiger partial charge in [-0.15, -0.1) is 0 Å². The van der Waals surface area contributed by atoms with Crippen LogP contribution in [-0.4, -0.2) is 25.7 Å². The van der Waals surface area contributed by atoms with E-state index in [2.05, 4.69) is 37.4 Å². The Morgan fingerprint density at radius 3 is 2.63 bits per heavy atom. The van der Waals surface area contributed by atoms with E-state index in [4.69, 9.17) is 9.47 Å².